The molecule has 3 aromatic carbocycles. The zero-order valence-electron chi connectivity index (χ0n) is 20.1. The van der Waals surface area contributed by atoms with Gasteiger partial charge in [-0.1, -0.05) is 55.8 Å². The quantitative estimate of drug-likeness (QED) is 0.434. The van der Waals surface area contributed by atoms with Crippen molar-refractivity contribution in [2.75, 3.05) is 19.1 Å². The Kier molecular flexibility index (Phi) is 6.87. The lowest BCUT2D eigenvalue weighted by Gasteiger charge is -2.44. The number of anilines is 1. The Morgan fingerprint density at radius 2 is 1.31 bits per heavy atom. The van der Waals surface area contributed by atoms with Crippen molar-refractivity contribution in [1.29, 1.82) is 0 Å². The number of hydrogen-bond donors (Lipinski definition) is 0. The summed E-state index contributed by atoms with van der Waals surface area (Å²) >= 11 is 0. The van der Waals surface area contributed by atoms with Crippen molar-refractivity contribution in [1.82, 2.24) is 4.90 Å². The molecule has 35 heavy (non-hydrogen) atoms. The summed E-state index contributed by atoms with van der Waals surface area (Å²) < 4.78 is 10.5. The number of imide groups is 2. The van der Waals surface area contributed by atoms with Crippen LogP contribution in [0.2, 0.25) is 0 Å². The third-order valence-electron chi connectivity index (χ3n) is 6.32. The van der Waals surface area contributed by atoms with Gasteiger partial charge in [-0.25, -0.2) is 9.69 Å². The van der Waals surface area contributed by atoms with Crippen LogP contribution in [0.5, 0.6) is 11.5 Å². The molecular weight excluding hydrogens is 444 g/mol. The lowest BCUT2D eigenvalue weighted by atomic mass is 9.73. The summed E-state index contributed by atoms with van der Waals surface area (Å²) in [6, 6.07) is 22.1. The molecule has 1 aliphatic rings. The van der Waals surface area contributed by atoms with Crippen molar-refractivity contribution in [3.8, 4) is 11.5 Å². The first kappa shape index (κ1) is 24.0. The second kappa shape index (κ2) is 10.0. The first-order valence-corrected chi connectivity index (χ1v) is 11.5. The Hall–Kier alpha value is -4.13. The zero-order chi connectivity index (χ0) is 25.0. The van der Waals surface area contributed by atoms with E-state index >= 15 is 0 Å². The minimum atomic E-state index is -1.52. The minimum Gasteiger partial charge on any atom is -0.497 e. The first-order chi connectivity index (χ1) is 17.0. The maximum Gasteiger partial charge on any atom is 0.338 e. The van der Waals surface area contributed by atoms with E-state index in [-0.39, 0.29) is 13.0 Å². The average Bonchev–Trinajstić information content (AvgIpc) is 2.90. The molecule has 7 nitrogen and oxygen atoms in total. The Labute approximate surface area is 204 Å². The number of barbiturate groups is 1. The summed E-state index contributed by atoms with van der Waals surface area (Å²) in [5.74, 6) is 0.210. The Morgan fingerprint density at radius 3 is 1.86 bits per heavy atom. The van der Waals surface area contributed by atoms with Crippen LogP contribution in [0.3, 0.4) is 0 Å². The minimum absolute atomic E-state index is 0.0277. The van der Waals surface area contributed by atoms with Gasteiger partial charge in [-0.15, -0.1) is 0 Å². The van der Waals surface area contributed by atoms with Crippen LogP contribution in [0, 0.1) is 0 Å². The van der Waals surface area contributed by atoms with Gasteiger partial charge in [0, 0.05) is 0 Å². The molecule has 0 radical (unpaired) electrons. The van der Waals surface area contributed by atoms with Gasteiger partial charge in [-0.05, 0) is 53.9 Å². The third kappa shape index (κ3) is 4.25. The largest absolute Gasteiger partial charge is 0.497 e. The highest BCUT2D eigenvalue weighted by atomic mass is 16.5. The summed E-state index contributed by atoms with van der Waals surface area (Å²) in [5.41, 5.74) is 0.179. The molecule has 0 N–H and O–H groups in total. The Balaban J connectivity index is 1.85. The molecule has 1 saturated heterocycles. The van der Waals surface area contributed by atoms with E-state index in [9.17, 15) is 14.4 Å². The van der Waals surface area contributed by atoms with Crippen LogP contribution < -0.4 is 14.4 Å². The van der Waals surface area contributed by atoms with Crippen LogP contribution in [0.1, 0.15) is 30.9 Å². The number of nitrogens with zero attached hydrogens (tertiary/aromatic N) is 2. The van der Waals surface area contributed by atoms with Crippen LogP contribution in [0.15, 0.2) is 78.9 Å². The van der Waals surface area contributed by atoms with Gasteiger partial charge in [0.15, 0.2) is 5.41 Å². The normalized spacial score (nSPS) is 18.1. The predicted octanol–water partition coefficient (Wildman–Crippen LogP) is 4.94. The van der Waals surface area contributed by atoms with Crippen LogP contribution in [0.4, 0.5) is 10.5 Å². The molecule has 0 spiro atoms. The van der Waals surface area contributed by atoms with E-state index in [0.29, 0.717) is 29.2 Å². The topological polar surface area (TPSA) is 76.2 Å². The van der Waals surface area contributed by atoms with Gasteiger partial charge in [-0.3, -0.25) is 14.5 Å². The van der Waals surface area contributed by atoms with Gasteiger partial charge < -0.3 is 9.47 Å². The molecule has 0 saturated carbocycles. The number of carbonyl (C=O) groups excluding carboxylic acids is 3. The second-order valence-corrected chi connectivity index (χ2v) is 8.38. The summed E-state index contributed by atoms with van der Waals surface area (Å²) in [4.78, 5) is 44.2. The number of rotatable bonds is 8. The SMILES string of the molecule is CCCC1(c2ccccc2)C(=O)N(Cc2ccc(OC)cc2)C(=O)N(c2ccc(OC)cc2)C1=O. The number of ether oxygens (including phenoxy) is 2. The van der Waals surface area contributed by atoms with Gasteiger partial charge in [-0.2, -0.15) is 0 Å². The van der Waals surface area contributed by atoms with E-state index in [1.807, 2.05) is 13.0 Å². The first-order valence-electron chi connectivity index (χ1n) is 11.5. The maximum absolute atomic E-state index is 14.1. The molecule has 4 amide bonds. The molecule has 1 fully saturated rings. The van der Waals surface area contributed by atoms with Crippen LogP contribution >= 0.6 is 0 Å². The Morgan fingerprint density at radius 1 is 0.743 bits per heavy atom. The molecular formula is C28H28N2O5. The lowest BCUT2D eigenvalue weighted by molar-refractivity contribution is -0.144. The van der Waals surface area contributed by atoms with Crippen molar-refractivity contribution in [3.05, 3.63) is 90.0 Å². The molecule has 1 heterocycles. The van der Waals surface area contributed by atoms with Crippen molar-refractivity contribution < 1.29 is 23.9 Å². The number of carbonyl (C=O) groups is 3. The number of methoxy groups -OCH3 is 2. The molecule has 3 aromatic rings. The standard InChI is InChI=1S/C28H28N2O5/c1-4-18-28(21-8-6-5-7-9-21)25(31)29(19-20-10-14-23(34-2)15-11-20)27(33)30(26(28)32)22-12-16-24(35-3)17-13-22/h5-17H,4,18-19H2,1-3H3. The second-order valence-electron chi connectivity index (χ2n) is 8.38. The molecule has 1 atom stereocenters. The summed E-state index contributed by atoms with van der Waals surface area (Å²) in [6.45, 7) is 1.95. The monoisotopic (exact) mass is 472 g/mol. The zero-order valence-corrected chi connectivity index (χ0v) is 20.1. The van der Waals surface area contributed by atoms with E-state index in [4.69, 9.17) is 9.47 Å². The van der Waals surface area contributed by atoms with Crippen LogP contribution in [-0.2, 0) is 21.5 Å². The summed E-state index contributed by atoms with van der Waals surface area (Å²) in [6.07, 6.45) is 0.848. The van der Waals surface area contributed by atoms with E-state index in [1.165, 1.54) is 4.90 Å². The fourth-order valence-electron chi connectivity index (χ4n) is 4.52. The fraction of sp³-hybridized carbons (Fsp3) is 0.250. The molecule has 1 aliphatic heterocycles. The number of amides is 4. The highest BCUT2D eigenvalue weighted by Crippen LogP contribution is 2.40. The van der Waals surface area contributed by atoms with Gasteiger partial charge in [0.2, 0.25) is 0 Å². The van der Waals surface area contributed by atoms with Gasteiger partial charge in [0.1, 0.15) is 11.5 Å². The highest BCUT2D eigenvalue weighted by Gasteiger charge is 2.58. The number of urea groups is 1. The van der Waals surface area contributed by atoms with Crippen molar-refractivity contribution in [3.63, 3.8) is 0 Å². The van der Waals surface area contributed by atoms with Crippen molar-refractivity contribution in [2.45, 2.75) is 31.7 Å². The molecule has 0 aliphatic carbocycles. The maximum atomic E-state index is 14.1. The highest BCUT2D eigenvalue weighted by molar-refractivity contribution is 6.32. The average molecular weight is 473 g/mol. The van der Waals surface area contributed by atoms with Crippen molar-refractivity contribution in [2.24, 2.45) is 0 Å². The van der Waals surface area contributed by atoms with Gasteiger partial charge in [0.25, 0.3) is 11.8 Å². The van der Waals surface area contributed by atoms with E-state index in [2.05, 4.69) is 0 Å². The molecule has 180 valence electrons. The van der Waals surface area contributed by atoms with Crippen LogP contribution in [-0.4, -0.2) is 37.0 Å². The van der Waals surface area contributed by atoms with Gasteiger partial charge >= 0.3 is 6.03 Å². The smallest absolute Gasteiger partial charge is 0.338 e. The Bertz CT molecular complexity index is 1210. The molecule has 1 unspecified atom stereocenters. The predicted molar refractivity (Wildman–Crippen MR) is 132 cm³/mol. The fourth-order valence-corrected chi connectivity index (χ4v) is 4.52. The van der Waals surface area contributed by atoms with E-state index < -0.39 is 23.3 Å². The number of benzene rings is 3. The number of hydrogen-bond acceptors (Lipinski definition) is 5. The summed E-state index contributed by atoms with van der Waals surface area (Å²) in [5, 5.41) is 0. The molecule has 0 bridgehead atoms. The summed E-state index contributed by atoms with van der Waals surface area (Å²) in [7, 11) is 3.12. The molecule has 7 heteroatoms. The molecule has 4 rings (SSSR count). The lowest BCUT2D eigenvalue weighted by Crippen LogP contribution is -2.67. The third-order valence-corrected chi connectivity index (χ3v) is 6.32. The van der Waals surface area contributed by atoms with E-state index in [0.717, 1.165) is 10.5 Å². The van der Waals surface area contributed by atoms with E-state index in [1.54, 1.807) is 87.0 Å². The van der Waals surface area contributed by atoms with Crippen LogP contribution in [0.25, 0.3) is 0 Å². The molecule has 0 aromatic heterocycles. The van der Waals surface area contributed by atoms with Gasteiger partial charge in [0.05, 0.1) is 26.5 Å². The van der Waals surface area contributed by atoms with Crippen molar-refractivity contribution >= 4 is 23.5 Å².